The summed E-state index contributed by atoms with van der Waals surface area (Å²) in [5.41, 5.74) is 0. The lowest BCUT2D eigenvalue weighted by Gasteiger charge is -2.04. The van der Waals surface area contributed by atoms with E-state index < -0.39 is 5.09 Å². The first kappa shape index (κ1) is 33.2. The van der Waals surface area contributed by atoms with Crippen molar-refractivity contribution >= 4 is 0 Å². The Kier molecular flexibility index (Phi) is 29.5. The van der Waals surface area contributed by atoms with Crippen LogP contribution in [0.15, 0.2) is 0 Å². The van der Waals surface area contributed by atoms with Crippen molar-refractivity contribution in [2.24, 2.45) is 0 Å². The van der Waals surface area contributed by atoms with Crippen LogP contribution in [0.1, 0.15) is 187 Å². The predicted octanol–water partition coefficient (Wildman–Crippen LogP) is 11.1. The highest BCUT2D eigenvalue weighted by molar-refractivity contribution is 4.52. The van der Waals surface area contributed by atoms with Crippen LogP contribution in [0.2, 0.25) is 0 Å². The molecule has 0 bridgehead atoms. The van der Waals surface area contributed by atoms with Crippen molar-refractivity contribution in [3.05, 3.63) is 10.1 Å². The minimum atomic E-state index is -0.693. The highest BCUT2D eigenvalue weighted by Crippen LogP contribution is 2.16. The van der Waals surface area contributed by atoms with Crippen LogP contribution in [0.3, 0.4) is 0 Å². The lowest BCUT2D eigenvalue weighted by Crippen LogP contribution is -2.01. The zero-order valence-corrected chi connectivity index (χ0v) is 23.2. The van der Waals surface area contributed by atoms with E-state index in [0.29, 0.717) is 0 Å². The van der Waals surface area contributed by atoms with Gasteiger partial charge in [0.05, 0.1) is 6.61 Å². The summed E-state index contributed by atoms with van der Waals surface area (Å²) in [6.07, 6.45) is 38.7. The summed E-state index contributed by atoms with van der Waals surface area (Å²) in [4.78, 5) is 14.4. The first-order valence-electron chi connectivity index (χ1n) is 15.5. The van der Waals surface area contributed by atoms with Crippen LogP contribution in [0.4, 0.5) is 0 Å². The van der Waals surface area contributed by atoms with Gasteiger partial charge in [0.2, 0.25) is 0 Å². The molecule has 0 aliphatic heterocycles. The van der Waals surface area contributed by atoms with Gasteiger partial charge >= 0.3 is 0 Å². The number of nitrogens with zero attached hydrogens (tertiary/aromatic N) is 1. The average Bonchev–Trinajstić information content (AvgIpc) is 2.83. The van der Waals surface area contributed by atoms with Gasteiger partial charge in [-0.1, -0.05) is 180 Å². The Morgan fingerprint density at radius 2 is 0.618 bits per heavy atom. The molecule has 0 heterocycles. The van der Waals surface area contributed by atoms with E-state index in [1.54, 1.807) is 0 Å². The summed E-state index contributed by atoms with van der Waals surface area (Å²) < 4.78 is 0. The van der Waals surface area contributed by atoms with Crippen LogP contribution < -0.4 is 0 Å². The Balaban J connectivity index is 3.01. The van der Waals surface area contributed by atoms with Gasteiger partial charge in [-0.05, 0) is 6.42 Å². The Bertz CT molecular complexity index is 389. The van der Waals surface area contributed by atoms with Gasteiger partial charge in [0.25, 0.3) is 5.09 Å². The molecule has 0 saturated carbocycles. The molecule has 0 unspecified atom stereocenters. The normalized spacial score (nSPS) is 11.2. The summed E-state index contributed by atoms with van der Waals surface area (Å²) in [5, 5.41) is 9.34. The highest BCUT2D eigenvalue weighted by atomic mass is 16.9. The number of hydrogen-bond acceptors (Lipinski definition) is 3. The minimum Gasteiger partial charge on any atom is -0.314 e. The zero-order valence-electron chi connectivity index (χ0n) is 23.2. The molecule has 0 aliphatic carbocycles. The van der Waals surface area contributed by atoms with Crippen molar-refractivity contribution in [1.29, 1.82) is 0 Å². The van der Waals surface area contributed by atoms with Crippen LogP contribution in [-0.2, 0) is 4.84 Å². The largest absolute Gasteiger partial charge is 0.314 e. The van der Waals surface area contributed by atoms with Gasteiger partial charge in [-0.3, -0.25) is 0 Å². The standard InChI is InChI=1S/C30H61NO3/c1-2-3-4-5-6-7-8-9-10-11-12-13-14-15-16-17-18-19-20-21-22-23-24-25-26-27-28-29-30-34-31(32)33/h2-30H2,1H3. The Hall–Kier alpha value is -0.800. The van der Waals surface area contributed by atoms with Gasteiger partial charge in [-0.25, -0.2) is 0 Å². The lowest BCUT2D eigenvalue weighted by molar-refractivity contribution is -0.757. The van der Waals surface area contributed by atoms with E-state index in [9.17, 15) is 10.1 Å². The minimum absolute atomic E-state index is 0.256. The van der Waals surface area contributed by atoms with E-state index in [1.165, 1.54) is 167 Å². The predicted molar refractivity (Wildman–Crippen MR) is 148 cm³/mol. The van der Waals surface area contributed by atoms with Crippen LogP contribution in [0, 0.1) is 10.1 Å². The molecule has 0 amide bonds. The molecule has 34 heavy (non-hydrogen) atoms. The smallest absolute Gasteiger partial charge is 0.294 e. The number of unbranched alkanes of at least 4 members (excludes halogenated alkanes) is 27. The van der Waals surface area contributed by atoms with E-state index in [2.05, 4.69) is 11.8 Å². The monoisotopic (exact) mass is 483 g/mol. The molecule has 0 rings (SSSR count). The maximum absolute atomic E-state index is 10.0. The van der Waals surface area contributed by atoms with Gasteiger partial charge in [0.1, 0.15) is 0 Å². The molecule has 0 aromatic rings. The van der Waals surface area contributed by atoms with Crippen LogP contribution in [0.25, 0.3) is 0 Å². The van der Waals surface area contributed by atoms with Crippen molar-refractivity contribution in [3.63, 3.8) is 0 Å². The molecule has 0 N–H and O–H groups in total. The molecule has 0 aromatic carbocycles. The Labute approximate surface area is 213 Å². The fourth-order valence-corrected chi connectivity index (χ4v) is 4.91. The van der Waals surface area contributed by atoms with Crippen LogP contribution >= 0.6 is 0 Å². The summed E-state index contributed by atoms with van der Waals surface area (Å²) in [5.74, 6) is 0. The molecule has 0 aromatic heterocycles. The molecule has 0 atom stereocenters. The maximum atomic E-state index is 10.0. The first-order chi connectivity index (χ1) is 16.8. The Morgan fingerprint density at radius 3 is 0.824 bits per heavy atom. The van der Waals surface area contributed by atoms with Gasteiger partial charge in [-0.2, -0.15) is 0 Å². The molecular weight excluding hydrogens is 422 g/mol. The molecule has 204 valence electrons. The van der Waals surface area contributed by atoms with Gasteiger partial charge in [0.15, 0.2) is 0 Å². The van der Waals surface area contributed by atoms with E-state index in [4.69, 9.17) is 0 Å². The summed E-state index contributed by atoms with van der Waals surface area (Å²) in [6.45, 7) is 2.55. The van der Waals surface area contributed by atoms with Crippen molar-refractivity contribution in [3.8, 4) is 0 Å². The first-order valence-corrected chi connectivity index (χ1v) is 15.5. The second kappa shape index (κ2) is 30.2. The van der Waals surface area contributed by atoms with E-state index in [0.717, 1.165) is 12.8 Å². The molecule has 0 saturated heterocycles. The maximum Gasteiger partial charge on any atom is 0.294 e. The fourth-order valence-electron chi connectivity index (χ4n) is 4.91. The van der Waals surface area contributed by atoms with Crippen molar-refractivity contribution in [2.75, 3.05) is 6.61 Å². The lowest BCUT2D eigenvalue weighted by atomic mass is 10.0. The molecule has 0 fully saturated rings. The average molecular weight is 484 g/mol. The molecule has 0 spiro atoms. The van der Waals surface area contributed by atoms with Gasteiger partial charge < -0.3 is 4.84 Å². The second-order valence-corrected chi connectivity index (χ2v) is 10.6. The molecule has 0 radical (unpaired) electrons. The summed E-state index contributed by atoms with van der Waals surface area (Å²) in [6, 6.07) is 0. The fraction of sp³-hybridized carbons (Fsp3) is 1.00. The quantitative estimate of drug-likeness (QED) is 0.0579. The third-order valence-corrected chi connectivity index (χ3v) is 7.19. The van der Waals surface area contributed by atoms with E-state index in [-0.39, 0.29) is 6.61 Å². The Morgan fingerprint density at radius 1 is 0.412 bits per heavy atom. The molecule has 4 nitrogen and oxygen atoms in total. The highest BCUT2D eigenvalue weighted by Gasteiger charge is 1.97. The number of hydrogen-bond donors (Lipinski definition) is 0. The molecule has 0 aliphatic rings. The molecular formula is C30H61NO3. The van der Waals surface area contributed by atoms with Crippen LogP contribution in [0.5, 0.6) is 0 Å². The van der Waals surface area contributed by atoms with Crippen molar-refractivity contribution < 1.29 is 9.92 Å². The van der Waals surface area contributed by atoms with E-state index in [1.807, 2.05) is 0 Å². The summed E-state index contributed by atoms with van der Waals surface area (Å²) >= 11 is 0. The summed E-state index contributed by atoms with van der Waals surface area (Å²) in [7, 11) is 0. The third-order valence-electron chi connectivity index (χ3n) is 7.19. The second-order valence-electron chi connectivity index (χ2n) is 10.6. The van der Waals surface area contributed by atoms with Gasteiger partial charge in [-0.15, -0.1) is 10.1 Å². The number of rotatable bonds is 30. The SMILES string of the molecule is CCCCCCCCCCCCCCCCCCCCCCCCCCCCCCO[N+](=O)[O-]. The molecule has 4 heteroatoms. The van der Waals surface area contributed by atoms with E-state index >= 15 is 0 Å². The van der Waals surface area contributed by atoms with Crippen LogP contribution in [-0.4, -0.2) is 11.7 Å². The van der Waals surface area contributed by atoms with Crippen molar-refractivity contribution in [2.45, 2.75) is 187 Å². The van der Waals surface area contributed by atoms with Gasteiger partial charge in [0, 0.05) is 0 Å². The topological polar surface area (TPSA) is 52.4 Å². The van der Waals surface area contributed by atoms with Crippen molar-refractivity contribution in [1.82, 2.24) is 0 Å². The third kappa shape index (κ3) is 31.2. The zero-order chi connectivity index (χ0) is 24.8.